The third-order valence-electron chi connectivity index (χ3n) is 6.88. The third-order valence-corrected chi connectivity index (χ3v) is 7.29. The predicted molar refractivity (Wildman–Crippen MR) is 167 cm³/mol. The molecule has 2 aromatic carbocycles. The van der Waals surface area contributed by atoms with E-state index in [0.29, 0.717) is 12.8 Å². The molecule has 6 heteroatoms. The van der Waals surface area contributed by atoms with Gasteiger partial charge in [-0.3, -0.25) is 9.59 Å². The fraction of sp³-hybridized carbons (Fsp3) is 0.486. The summed E-state index contributed by atoms with van der Waals surface area (Å²) < 4.78 is 24.3. The number of ketones is 1. The monoisotopic (exact) mass is 586 g/mol. The summed E-state index contributed by atoms with van der Waals surface area (Å²) in [5, 5.41) is 0.745. The van der Waals surface area contributed by atoms with E-state index in [2.05, 4.69) is 6.92 Å². The zero-order valence-corrected chi connectivity index (χ0v) is 27.1. The average molecular weight is 587 g/mol. The highest BCUT2D eigenvalue weighted by atomic mass is 35.5. The highest BCUT2D eigenvalue weighted by molar-refractivity contribution is 6.31. The largest absolute Gasteiger partial charge is 0.467 e. The number of esters is 1. The van der Waals surface area contributed by atoms with Crippen molar-refractivity contribution in [2.75, 3.05) is 0 Å². The molecule has 0 aliphatic carbocycles. The number of carbonyl (C=O) groups is 2. The van der Waals surface area contributed by atoms with E-state index in [1.165, 1.54) is 19.1 Å². The maximum atomic E-state index is 13.6. The Morgan fingerprint density at radius 2 is 1.41 bits per heavy atom. The Kier molecular flexibility index (Phi) is 15.7. The van der Waals surface area contributed by atoms with Crippen molar-refractivity contribution in [1.29, 1.82) is 0 Å². The van der Waals surface area contributed by atoms with E-state index in [4.69, 9.17) is 20.8 Å². The van der Waals surface area contributed by atoms with Crippen LogP contribution >= 0.6 is 11.6 Å². The van der Waals surface area contributed by atoms with Crippen molar-refractivity contribution < 1.29 is 23.1 Å². The average Bonchev–Trinajstić information content (AvgIpc) is 3.28. The standard InChI is InChI=1S/C16H23FO2.C13H17ClO.C6H8O/c1-5-9-16(10-6-2,19-13(4)18)15-11-14(17)8-7-12(15)3;1-4-5-12(10(3)15)11-7-6-9(2)13(14)8-11;1-5-3-4-6(2)7-5/h7-8,11H,5-6,9-10H2,1-4H3;6-8,12H,4-5H2,1-3H3;3-4H,1-2H3. The van der Waals surface area contributed by atoms with E-state index in [1.54, 1.807) is 13.0 Å². The van der Waals surface area contributed by atoms with Crippen LogP contribution in [0.5, 0.6) is 0 Å². The van der Waals surface area contributed by atoms with Crippen molar-refractivity contribution in [3.05, 3.63) is 93.1 Å². The number of aryl methyl sites for hydroxylation is 4. The van der Waals surface area contributed by atoms with Gasteiger partial charge in [0.15, 0.2) is 0 Å². The summed E-state index contributed by atoms with van der Waals surface area (Å²) in [4.78, 5) is 23.0. The van der Waals surface area contributed by atoms with Crippen LogP contribution < -0.4 is 0 Å². The van der Waals surface area contributed by atoms with Gasteiger partial charge in [-0.2, -0.15) is 0 Å². The normalized spacial score (nSPS) is 11.5. The fourth-order valence-corrected chi connectivity index (χ4v) is 5.18. The van der Waals surface area contributed by atoms with Gasteiger partial charge in [-0.1, -0.05) is 69.8 Å². The number of hydrogen-bond acceptors (Lipinski definition) is 4. The number of ether oxygens (including phenoxy) is 1. The first kappa shape index (κ1) is 36.1. The Labute approximate surface area is 251 Å². The van der Waals surface area contributed by atoms with E-state index in [0.717, 1.165) is 64.5 Å². The van der Waals surface area contributed by atoms with Gasteiger partial charge in [0.25, 0.3) is 0 Å². The first-order valence-electron chi connectivity index (χ1n) is 14.6. The molecule has 0 fully saturated rings. The predicted octanol–water partition coefficient (Wildman–Crippen LogP) is 10.5. The molecular weight excluding hydrogens is 539 g/mol. The number of halogens is 2. The minimum atomic E-state index is -0.693. The highest BCUT2D eigenvalue weighted by Gasteiger charge is 2.35. The van der Waals surface area contributed by atoms with Gasteiger partial charge in [-0.25, -0.2) is 4.39 Å². The summed E-state index contributed by atoms with van der Waals surface area (Å²) in [5.41, 5.74) is 3.16. The maximum Gasteiger partial charge on any atom is 0.303 e. The molecule has 0 aliphatic rings. The van der Waals surface area contributed by atoms with Crippen LogP contribution in [0, 0.1) is 33.5 Å². The summed E-state index contributed by atoms with van der Waals surface area (Å²) in [6, 6.07) is 14.5. The Hall–Kier alpha value is -2.92. The molecule has 1 heterocycles. The molecule has 0 spiro atoms. The molecular formula is C35H48ClFO4. The SMILES string of the molecule is CCCC(C(C)=O)c1ccc(C)c(Cl)c1.CCCC(CCC)(OC(C)=O)c1cc(F)ccc1C.Cc1ccc(C)o1. The van der Waals surface area contributed by atoms with Gasteiger partial charge in [-0.05, 0) is 101 Å². The van der Waals surface area contributed by atoms with E-state index >= 15 is 0 Å². The quantitative estimate of drug-likeness (QED) is 0.222. The summed E-state index contributed by atoms with van der Waals surface area (Å²) in [7, 11) is 0. The Bertz CT molecular complexity index is 1220. The number of benzene rings is 2. The molecule has 0 bridgehead atoms. The molecule has 0 N–H and O–H groups in total. The Morgan fingerprint density at radius 1 is 0.854 bits per heavy atom. The lowest BCUT2D eigenvalue weighted by Crippen LogP contribution is -2.32. The third kappa shape index (κ3) is 11.8. The van der Waals surface area contributed by atoms with E-state index < -0.39 is 5.60 Å². The molecule has 1 atom stereocenters. The topological polar surface area (TPSA) is 56.5 Å². The summed E-state index contributed by atoms with van der Waals surface area (Å²) in [6.07, 6.45) is 5.09. The second kappa shape index (κ2) is 17.8. The van der Waals surface area contributed by atoms with Gasteiger partial charge in [0, 0.05) is 23.4 Å². The Morgan fingerprint density at radius 3 is 1.83 bits per heavy atom. The van der Waals surface area contributed by atoms with Crippen molar-refractivity contribution in [2.45, 2.75) is 112 Å². The molecule has 0 amide bonds. The summed E-state index contributed by atoms with van der Waals surface area (Å²) in [6.45, 7) is 17.0. The zero-order chi connectivity index (χ0) is 31.2. The molecule has 0 saturated heterocycles. The van der Waals surface area contributed by atoms with E-state index in [1.807, 2.05) is 71.9 Å². The molecule has 3 aromatic rings. The van der Waals surface area contributed by atoms with Crippen LogP contribution in [0.4, 0.5) is 4.39 Å². The van der Waals surface area contributed by atoms with E-state index in [-0.39, 0.29) is 23.5 Å². The smallest absolute Gasteiger partial charge is 0.303 e. The molecule has 1 aromatic heterocycles. The summed E-state index contributed by atoms with van der Waals surface area (Å²) >= 11 is 6.05. The van der Waals surface area contributed by atoms with Gasteiger partial charge < -0.3 is 9.15 Å². The van der Waals surface area contributed by atoms with Gasteiger partial charge in [0.05, 0.1) is 0 Å². The zero-order valence-electron chi connectivity index (χ0n) is 26.3. The van der Waals surface area contributed by atoms with Crippen LogP contribution in [0.15, 0.2) is 52.9 Å². The van der Waals surface area contributed by atoms with Crippen molar-refractivity contribution in [3.8, 4) is 0 Å². The van der Waals surface area contributed by atoms with Crippen LogP contribution in [-0.2, 0) is 19.9 Å². The van der Waals surface area contributed by atoms with Crippen LogP contribution in [-0.4, -0.2) is 11.8 Å². The molecule has 0 radical (unpaired) electrons. The van der Waals surface area contributed by atoms with Crippen LogP contribution in [0.25, 0.3) is 0 Å². The first-order chi connectivity index (χ1) is 19.3. The molecule has 1 unspecified atom stereocenters. The van der Waals surface area contributed by atoms with Crippen LogP contribution in [0.2, 0.25) is 5.02 Å². The lowest BCUT2D eigenvalue weighted by atomic mass is 9.82. The van der Waals surface area contributed by atoms with Crippen molar-refractivity contribution in [3.63, 3.8) is 0 Å². The Balaban J connectivity index is 0.000000338. The van der Waals surface area contributed by atoms with Gasteiger partial charge in [0.2, 0.25) is 0 Å². The first-order valence-corrected chi connectivity index (χ1v) is 14.9. The van der Waals surface area contributed by atoms with Crippen molar-refractivity contribution in [1.82, 2.24) is 0 Å². The van der Waals surface area contributed by atoms with Gasteiger partial charge >= 0.3 is 5.97 Å². The van der Waals surface area contributed by atoms with Gasteiger partial charge in [0.1, 0.15) is 28.7 Å². The molecule has 226 valence electrons. The van der Waals surface area contributed by atoms with Gasteiger partial charge in [-0.15, -0.1) is 0 Å². The second-order valence-corrected chi connectivity index (χ2v) is 11.1. The van der Waals surface area contributed by atoms with Crippen LogP contribution in [0.1, 0.15) is 113 Å². The molecule has 4 nitrogen and oxygen atoms in total. The molecule has 3 rings (SSSR count). The number of rotatable bonds is 10. The molecule has 41 heavy (non-hydrogen) atoms. The maximum absolute atomic E-state index is 13.6. The second-order valence-electron chi connectivity index (χ2n) is 10.7. The minimum absolute atomic E-state index is 0.00750. The lowest BCUT2D eigenvalue weighted by molar-refractivity contribution is -0.160. The van der Waals surface area contributed by atoms with Crippen molar-refractivity contribution >= 4 is 23.4 Å². The van der Waals surface area contributed by atoms with Crippen molar-refractivity contribution in [2.24, 2.45) is 0 Å². The highest BCUT2D eigenvalue weighted by Crippen LogP contribution is 2.38. The molecule has 0 aliphatic heterocycles. The number of carbonyl (C=O) groups excluding carboxylic acids is 2. The van der Waals surface area contributed by atoms with E-state index in [9.17, 15) is 14.0 Å². The number of hydrogen-bond donors (Lipinski definition) is 0. The number of furan rings is 1. The minimum Gasteiger partial charge on any atom is -0.467 e. The van der Waals surface area contributed by atoms with Crippen LogP contribution in [0.3, 0.4) is 0 Å². The summed E-state index contributed by atoms with van der Waals surface area (Å²) in [5.74, 6) is 1.59. The number of Topliss-reactive ketones (excluding diaryl/α,β-unsaturated/α-hetero) is 1. The molecule has 0 saturated carbocycles. The lowest BCUT2D eigenvalue weighted by Gasteiger charge is -2.34. The fourth-order valence-electron chi connectivity index (χ4n) is 5.00.